The van der Waals surface area contributed by atoms with E-state index >= 15 is 0 Å². The molecule has 8 heteroatoms. The Morgan fingerprint density at radius 1 is 1.15 bits per heavy atom. The zero-order valence-corrected chi connectivity index (χ0v) is 17.0. The second kappa shape index (κ2) is 14.0. The monoisotopic (exact) mass is 400 g/mol. The molecule has 0 saturated heterocycles. The largest absolute Gasteiger partial charge is 0.506 e. The molecule has 27 heavy (non-hydrogen) atoms. The number of para-hydroxylation sites is 1. The highest BCUT2D eigenvalue weighted by Crippen LogP contribution is 2.25. The first-order valence-corrected chi connectivity index (χ1v) is 9.09. The van der Waals surface area contributed by atoms with Gasteiger partial charge in [-0.1, -0.05) is 45.4 Å². The van der Waals surface area contributed by atoms with Crippen molar-refractivity contribution in [2.45, 2.75) is 27.7 Å². The molecule has 152 valence electrons. The van der Waals surface area contributed by atoms with E-state index in [2.05, 4.69) is 9.73 Å². The van der Waals surface area contributed by atoms with Gasteiger partial charge in [-0.15, -0.1) is 0 Å². The van der Waals surface area contributed by atoms with E-state index in [0.717, 1.165) is 0 Å². The highest BCUT2D eigenvalue weighted by Gasteiger charge is 2.07. The average molecular weight is 401 g/mol. The number of hydrogen-bond donors (Lipinski definition) is 2. The van der Waals surface area contributed by atoms with Gasteiger partial charge in [-0.3, -0.25) is 14.6 Å². The van der Waals surface area contributed by atoms with Crippen molar-refractivity contribution in [3.63, 3.8) is 0 Å². The molecular formula is C19H29ClN2O5. The predicted octanol–water partition coefficient (Wildman–Crippen LogP) is 2.81. The molecule has 1 aromatic carbocycles. The highest BCUT2D eigenvalue weighted by atomic mass is 35.5. The number of nitrogens with two attached hydrogens (primary N) is 1. The summed E-state index contributed by atoms with van der Waals surface area (Å²) in [5.41, 5.74) is 5.64. The van der Waals surface area contributed by atoms with Gasteiger partial charge in [-0.05, 0) is 12.1 Å². The molecule has 0 saturated carbocycles. The summed E-state index contributed by atoms with van der Waals surface area (Å²) >= 11 is 5.75. The van der Waals surface area contributed by atoms with Crippen LogP contribution >= 0.6 is 11.6 Å². The Balaban J connectivity index is 0.000000636. The van der Waals surface area contributed by atoms with Gasteiger partial charge in [0.15, 0.2) is 0 Å². The third kappa shape index (κ3) is 11.2. The molecule has 0 radical (unpaired) electrons. The van der Waals surface area contributed by atoms with Gasteiger partial charge in [0.1, 0.15) is 19.0 Å². The van der Waals surface area contributed by atoms with Crippen molar-refractivity contribution in [1.82, 2.24) is 0 Å². The third-order valence-electron chi connectivity index (χ3n) is 3.02. The van der Waals surface area contributed by atoms with Crippen molar-refractivity contribution in [3.8, 4) is 5.75 Å². The van der Waals surface area contributed by atoms with Crippen LogP contribution in [0.1, 0.15) is 33.3 Å². The van der Waals surface area contributed by atoms with E-state index in [1.807, 2.05) is 0 Å². The van der Waals surface area contributed by atoms with Gasteiger partial charge < -0.3 is 20.3 Å². The second-order valence-electron chi connectivity index (χ2n) is 6.15. The lowest BCUT2D eigenvalue weighted by molar-refractivity contribution is -0.147. The van der Waals surface area contributed by atoms with Crippen molar-refractivity contribution >= 4 is 29.8 Å². The van der Waals surface area contributed by atoms with Gasteiger partial charge in [-0.2, -0.15) is 0 Å². The lowest BCUT2D eigenvalue weighted by Gasteiger charge is -2.04. The van der Waals surface area contributed by atoms with Crippen molar-refractivity contribution < 1.29 is 24.2 Å². The number of rotatable bonds is 8. The molecule has 3 N–H and O–H groups in total. The standard InChI is InChI=1S/C13H16ClNO3.C6H13NO2/c1-9(2)13(17)18-7-6-15-8-10-4-3-5-11(14)12(10)16;1-5(2)6(8)9-4-3-7/h3-5,8-9,16H,6-7H2,1-2H3;5H,3-4,7H2,1-2H3. The normalized spacial score (nSPS) is 10.7. The Hall–Kier alpha value is -2.12. The van der Waals surface area contributed by atoms with Gasteiger partial charge in [0, 0.05) is 18.3 Å². The lowest BCUT2D eigenvalue weighted by atomic mass is 10.2. The first-order valence-electron chi connectivity index (χ1n) is 8.71. The van der Waals surface area contributed by atoms with E-state index in [1.54, 1.807) is 45.9 Å². The molecule has 0 unspecified atom stereocenters. The SMILES string of the molecule is CC(C)C(=O)OCCN.CC(C)C(=O)OCCN=Cc1cccc(Cl)c1O. The molecule has 1 rings (SSSR count). The molecule has 0 amide bonds. The van der Waals surface area contributed by atoms with Gasteiger partial charge in [0.25, 0.3) is 0 Å². The average Bonchev–Trinajstić information content (AvgIpc) is 2.62. The molecule has 0 aliphatic rings. The first kappa shape index (κ1) is 24.9. The Kier molecular flexibility index (Phi) is 12.9. The number of carbonyl (C=O) groups excluding carboxylic acids is 2. The Bertz CT molecular complexity index is 618. The minimum absolute atomic E-state index is 0.00194. The number of benzene rings is 1. The number of phenolic OH excluding ortho intramolecular Hbond substituents is 1. The van der Waals surface area contributed by atoms with E-state index in [9.17, 15) is 14.7 Å². The molecule has 0 bridgehead atoms. The Morgan fingerprint density at radius 3 is 2.22 bits per heavy atom. The molecule has 0 aromatic heterocycles. The van der Waals surface area contributed by atoms with Crippen LogP contribution < -0.4 is 5.73 Å². The van der Waals surface area contributed by atoms with E-state index in [1.165, 1.54) is 6.21 Å². The summed E-state index contributed by atoms with van der Waals surface area (Å²) in [4.78, 5) is 25.8. The van der Waals surface area contributed by atoms with Gasteiger partial charge in [-0.25, -0.2) is 0 Å². The van der Waals surface area contributed by atoms with Crippen molar-refractivity contribution in [3.05, 3.63) is 28.8 Å². The number of halogens is 1. The summed E-state index contributed by atoms with van der Waals surface area (Å²) in [6, 6.07) is 5.02. The molecule has 1 aromatic rings. The third-order valence-corrected chi connectivity index (χ3v) is 3.32. The number of aromatic hydroxyl groups is 1. The molecule has 0 aliphatic heterocycles. The maximum atomic E-state index is 11.1. The van der Waals surface area contributed by atoms with Crippen LogP contribution in [-0.4, -0.2) is 49.6 Å². The van der Waals surface area contributed by atoms with Gasteiger partial charge >= 0.3 is 11.9 Å². The van der Waals surface area contributed by atoms with E-state index in [0.29, 0.717) is 25.3 Å². The number of ether oxygens (including phenoxy) is 2. The highest BCUT2D eigenvalue weighted by molar-refractivity contribution is 6.32. The second-order valence-corrected chi connectivity index (χ2v) is 6.55. The molecule has 0 spiro atoms. The number of aliphatic imine (C=N–C) groups is 1. The van der Waals surface area contributed by atoms with Gasteiger partial charge in [0.05, 0.1) is 23.4 Å². The van der Waals surface area contributed by atoms with Crippen LogP contribution in [-0.2, 0) is 19.1 Å². The van der Waals surface area contributed by atoms with E-state index in [-0.39, 0.29) is 41.2 Å². The van der Waals surface area contributed by atoms with Crippen LogP contribution in [0.5, 0.6) is 5.75 Å². The van der Waals surface area contributed by atoms with Crippen LogP contribution in [0.15, 0.2) is 23.2 Å². The Morgan fingerprint density at radius 2 is 1.70 bits per heavy atom. The maximum absolute atomic E-state index is 11.1. The molecular weight excluding hydrogens is 372 g/mol. The van der Waals surface area contributed by atoms with Crippen molar-refractivity contribution in [1.29, 1.82) is 0 Å². The van der Waals surface area contributed by atoms with Crippen LogP contribution in [0.2, 0.25) is 5.02 Å². The van der Waals surface area contributed by atoms with Crippen molar-refractivity contribution in [2.24, 2.45) is 22.6 Å². The minimum Gasteiger partial charge on any atom is -0.506 e. The lowest BCUT2D eigenvalue weighted by Crippen LogP contribution is -2.17. The van der Waals surface area contributed by atoms with Gasteiger partial charge in [0.2, 0.25) is 0 Å². The number of carbonyl (C=O) groups is 2. The quantitative estimate of drug-likeness (QED) is 0.394. The summed E-state index contributed by atoms with van der Waals surface area (Å²) in [6.45, 7) is 8.44. The molecule has 0 heterocycles. The zero-order chi connectivity index (χ0) is 20.8. The van der Waals surface area contributed by atoms with E-state index in [4.69, 9.17) is 22.1 Å². The molecule has 0 fully saturated rings. The summed E-state index contributed by atoms with van der Waals surface area (Å²) in [7, 11) is 0. The topological polar surface area (TPSA) is 111 Å². The fourth-order valence-corrected chi connectivity index (χ4v) is 1.67. The fraction of sp³-hybridized carbons (Fsp3) is 0.526. The molecule has 0 aliphatic carbocycles. The smallest absolute Gasteiger partial charge is 0.308 e. The number of nitrogens with zero attached hydrogens (tertiary/aromatic N) is 1. The van der Waals surface area contributed by atoms with Crippen molar-refractivity contribution in [2.75, 3.05) is 26.3 Å². The zero-order valence-electron chi connectivity index (χ0n) is 16.3. The van der Waals surface area contributed by atoms with Crippen LogP contribution in [0.4, 0.5) is 0 Å². The molecule has 0 atom stereocenters. The first-order chi connectivity index (χ1) is 12.7. The van der Waals surface area contributed by atoms with E-state index < -0.39 is 0 Å². The minimum atomic E-state index is -0.240. The summed E-state index contributed by atoms with van der Waals surface area (Å²) < 4.78 is 9.64. The fourth-order valence-electron chi connectivity index (χ4n) is 1.49. The summed E-state index contributed by atoms with van der Waals surface area (Å²) in [6.07, 6.45) is 1.50. The Labute approximate surface area is 165 Å². The predicted molar refractivity (Wildman–Crippen MR) is 106 cm³/mol. The number of esters is 2. The number of phenols is 1. The van der Waals surface area contributed by atoms with Crippen LogP contribution in [0, 0.1) is 11.8 Å². The summed E-state index contributed by atoms with van der Waals surface area (Å²) in [5, 5.41) is 9.89. The van der Waals surface area contributed by atoms with Crippen LogP contribution in [0.3, 0.4) is 0 Å². The summed E-state index contributed by atoms with van der Waals surface area (Å²) in [5.74, 6) is -0.596. The number of hydrogen-bond acceptors (Lipinski definition) is 7. The molecule has 7 nitrogen and oxygen atoms in total. The van der Waals surface area contributed by atoms with Crippen LogP contribution in [0.25, 0.3) is 0 Å². The maximum Gasteiger partial charge on any atom is 0.308 e.